The first-order valence-corrected chi connectivity index (χ1v) is 5.74. The Morgan fingerprint density at radius 2 is 1.94 bits per heavy atom. The van der Waals surface area contributed by atoms with Crippen LogP contribution in [0.15, 0.2) is 48.5 Å². The zero-order valence-electron chi connectivity index (χ0n) is 9.47. The van der Waals surface area contributed by atoms with Gasteiger partial charge < -0.3 is 9.84 Å². The largest absolute Gasteiger partial charge is 0.507 e. The van der Waals surface area contributed by atoms with Crippen molar-refractivity contribution in [3.8, 4) is 5.75 Å². The molecule has 18 heavy (non-hydrogen) atoms. The highest BCUT2D eigenvalue weighted by Crippen LogP contribution is 2.18. The molecule has 0 fully saturated rings. The fourth-order valence-corrected chi connectivity index (χ4v) is 1.71. The molecule has 4 heteroatoms. The Labute approximate surface area is 110 Å². The number of rotatable bonds is 3. The predicted molar refractivity (Wildman–Crippen MR) is 68.7 cm³/mol. The number of para-hydroxylation sites is 1. The lowest BCUT2D eigenvalue weighted by Gasteiger charge is -2.06. The molecule has 0 unspecified atom stereocenters. The smallest absolute Gasteiger partial charge is 0.342 e. The summed E-state index contributed by atoms with van der Waals surface area (Å²) in [6, 6.07) is 13.3. The van der Waals surface area contributed by atoms with Crippen molar-refractivity contribution >= 4 is 17.6 Å². The molecule has 3 nitrogen and oxygen atoms in total. The van der Waals surface area contributed by atoms with Crippen molar-refractivity contribution in [2.24, 2.45) is 0 Å². The van der Waals surface area contributed by atoms with Crippen LogP contribution >= 0.6 is 11.6 Å². The quantitative estimate of drug-likeness (QED) is 0.863. The van der Waals surface area contributed by atoms with E-state index in [0.717, 1.165) is 5.56 Å². The molecule has 2 aromatic carbocycles. The minimum Gasteiger partial charge on any atom is -0.507 e. The van der Waals surface area contributed by atoms with Crippen molar-refractivity contribution in [3.05, 3.63) is 64.7 Å². The lowest BCUT2D eigenvalue weighted by Crippen LogP contribution is -2.05. The van der Waals surface area contributed by atoms with Crippen molar-refractivity contribution in [2.75, 3.05) is 0 Å². The van der Waals surface area contributed by atoms with Gasteiger partial charge in [0.15, 0.2) is 0 Å². The summed E-state index contributed by atoms with van der Waals surface area (Å²) in [6.07, 6.45) is 0. The third kappa shape index (κ3) is 3.02. The van der Waals surface area contributed by atoms with Crippen LogP contribution in [0.1, 0.15) is 15.9 Å². The van der Waals surface area contributed by atoms with Gasteiger partial charge in [-0.05, 0) is 29.8 Å². The van der Waals surface area contributed by atoms with E-state index in [1.165, 1.54) is 12.1 Å². The zero-order valence-corrected chi connectivity index (χ0v) is 10.2. The summed E-state index contributed by atoms with van der Waals surface area (Å²) in [6.45, 7) is 0.119. The lowest BCUT2D eigenvalue weighted by molar-refractivity contribution is 0.0469. The van der Waals surface area contributed by atoms with Gasteiger partial charge in [0, 0.05) is 5.02 Å². The molecule has 0 saturated heterocycles. The van der Waals surface area contributed by atoms with Gasteiger partial charge in [-0.15, -0.1) is 0 Å². The molecule has 0 aliphatic carbocycles. The first kappa shape index (κ1) is 12.5. The highest BCUT2D eigenvalue weighted by atomic mass is 35.5. The molecule has 0 aliphatic rings. The number of hydrogen-bond acceptors (Lipinski definition) is 3. The molecule has 0 aromatic heterocycles. The van der Waals surface area contributed by atoms with E-state index < -0.39 is 5.97 Å². The number of aromatic hydroxyl groups is 1. The highest BCUT2D eigenvalue weighted by Gasteiger charge is 2.11. The summed E-state index contributed by atoms with van der Waals surface area (Å²) in [5, 5.41) is 10.1. The molecule has 0 bridgehead atoms. The van der Waals surface area contributed by atoms with Gasteiger partial charge in [0.1, 0.15) is 17.9 Å². The Bertz CT molecular complexity index is 566. The van der Waals surface area contributed by atoms with Crippen molar-refractivity contribution in [1.29, 1.82) is 0 Å². The second kappa shape index (κ2) is 5.56. The maximum Gasteiger partial charge on any atom is 0.342 e. The molecule has 0 saturated carbocycles. The fraction of sp³-hybridized carbons (Fsp3) is 0.0714. The zero-order chi connectivity index (χ0) is 13.0. The molecule has 92 valence electrons. The van der Waals surface area contributed by atoms with Crippen molar-refractivity contribution in [1.82, 2.24) is 0 Å². The molecule has 2 aromatic rings. The van der Waals surface area contributed by atoms with Gasteiger partial charge in [-0.3, -0.25) is 0 Å². The number of carbonyl (C=O) groups is 1. The maximum absolute atomic E-state index is 11.7. The molecular formula is C14H11ClO3. The summed E-state index contributed by atoms with van der Waals surface area (Å²) in [5.41, 5.74) is 0.950. The van der Waals surface area contributed by atoms with Crippen LogP contribution in [0.5, 0.6) is 5.75 Å². The molecule has 1 N–H and O–H groups in total. The molecule has 0 radical (unpaired) electrons. The van der Waals surface area contributed by atoms with E-state index in [1.54, 1.807) is 30.3 Å². The van der Waals surface area contributed by atoms with Crippen LogP contribution in [0, 0.1) is 0 Å². The van der Waals surface area contributed by atoms with Gasteiger partial charge in [-0.2, -0.15) is 0 Å². The van der Waals surface area contributed by atoms with E-state index in [9.17, 15) is 9.90 Å². The molecular weight excluding hydrogens is 252 g/mol. The van der Waals surface area contributed by atoms with Gasteiger partial charge in [-0.1, -0.05) is 35.9 Å². The molecule has 0 heterocycles. The van der Waals surface area contributed by atoms with E-state index in [2.05, 4.69) is 0 Å². The third-order valence-corrected chi connectivity index (χ3v) is 2.62. The summed E-state index contributed by atoms with van der Waals surface area (Å²) >= 11 is 5.82. The second-order valence-corrected chi connectivity index (χ2v) is 4.16. The molecule has 0 amide bonds. The summed E-state index contributed by atoms with van der Waals surface area (Å²) < 4.78 is 5.09. The van der Waals surface area contributed by atoms with E-state index >= 15 is 0 Å². The van der Waals surface area contributed by atoms with Crippen LogP contribution in [-0.4, -0.2) is 11.1 Å². The molecule has 0 atom stereocenters. The van der Waals surface area contributed by atoms with Crippen LogP contribution in [0.4, 0.5) is 0 Å². The van der Waals surface area contributed by atoms with E-state index in [-0.39, 0.29) is 17.9 Å². The average Bonchev–Trinajstić information content (AvgIpc) is 2.37. The lowest BCUT2D eigenvalue weighted by atomic mass is 10.2. The van der Waals surface area contributed by atoms with Gasteiger partial charge in [-0.25, -0.2) is 4.79 Å². The Kier molecular flexibility index (Phi) is 3.85. The van der Waals surface area contributed by atoms with Crippen LogP contribution < -0.4 is 0 Å². The predicted octanol–water partition coefficient (Wildman–Crippen LogP) is 3.40. The minimum absolute atomic E-state index is 0.0893. The topological polar surface area (TPSA) is 46.5 Å². The number of phenolic OH excluding ortho intramolecular Hbond substituents is 1. The first-order valence-electron chi connectivity index (χ1n) is 5.36. The van der Waals surface area contributed by atoms with Crippen LogP contribution in [0.3, 0.4) is 0 Å². The Morgan fingerprint density at radius 1 is 1.17 bits per heavy atom. The maximum atomic E-state index is 11.7. The molecule has 2 rings (SSSR count). The summed E-state index contributed by atoms with van der Waals surface area (Å²) in [5.74, 6) is -0.651. The number of esters is 1. The molecule has 0 spiro atoms. The Morgan fingerprint density at radius 3 is 2.67 bits per heavy atom. The summed E-state index contributed by atoms with van der Waals surface area (Å²) in [4.78, 5) is 11.7. The Balaban J connectivity index is 2.03. The number of hydrogen-bond donors (Lipinski definition) is 1. The van der Waals surface area contributed by atoms with Crippen LogP contribution in [-0.2, 0) is 11.3 Å². The van der Waals surface area contributed by atoms with Gasteiger partial charge in [0.25, 0.3) is 0 Å². The first-order chi connectivity index (χ1) is 8.66. The SMILES string of the molecule is O=C(OCc1cccc(Cl)c1)c1ccccc1O. The second-order valence-electron chi connectivity index (χ2n) is 3.72. The van der Waals surface area contributed by atoms with Crippen LogP contribution in [0.2, 0.25) is 5.02 Å². The van der Waals surface area contributed by atoms with Gasteiger partial charge in [0.2, 0.25) is 0 Å². The monoisotopic (exact) mass is 262 g/mol. The Hall–Kier alpha value is -2.00. The van der Waals surface area contributed by atoms with Crippen molar-refractivity contribution in [3.63, 3.8) is 0 Å². The standard InChI is InChI=1S/C14H11ClO3/c15-11-5-3-4-10(8-11)9-18-14(17)12-6-1-2-7-13(12)16/h1-8,16H,9H2. The number of halogens is 1. The normalized spacial score (nSPS) is 10.1. The van der Waals surface area contributed by atoms with Crippen LogP contribution in [0.25, 0.3) is 0 Å². The minimum atomic E-state index is -0.562. The van der Waals surface area contributed by atoms with Gasteiger partial charge in [0.05, 0.1) is 0 Å². The number of carbonyl (C=O) groups excluding carboxylic acids is 1. The van der Waals surface area contributed by atoms with Crippen molar-refractivity contribution < 1.29 is 14.6 Å². The number of phenols is 1. The highest BCUT2D eigenvalue weighted by molar-refractivity contribution is 6.30. The van der Waals surface area contributed by atoms with E-state index in [0.29, 0.717) is 5.02 Å². The van der Waals surface area contributed by atoms with E-state index in [4.69, 9.17) is 16.3 Å². The summed E-state index contributed by atoms with van der Waals surface area (Å²) in [7, 11) is 0. The van der Waals surface area contributed by atoms with Gasteiger partial charge >= 0.3 is 5.97 Å². The molecule has 0 aliphatic heterocycles. The fourth-order valence-electron chi connectivity index (χ4n) is 1.50. The average molecular weight is 263 g/mol. The number of ether oxygens (including phenoxy) is 1. The van der Waals surface area contributed by atoms with Crippen molar-refractivity contribution in [2.45, 2.75) is 6.61 Å². The van der Waals surface area contributed by atoms with E-state index in [1.807, 2.05) is 6.07 Å². The number of benzene rings is 2. The third-order valence-electron chi connectivity index (χ3n) is 2.38.